The first-order valence-electron chi connectivity index (χ1n) is 8.64. The van der Waals surface area contributed by atoms with Crippen LogP contribution in [0, 0.1) is 6.92 Å². The van der Waals surface area contributed by atoms with Gasteiger partial charge in [-0.3, -0.25) is 4.90 Å². The molecular formula is C19H22N4OS. The second-order valence-electron chi connectivity index (χ2n) is 6.47. The highest BCUT2D eigenvalue weighted by Gasteiger charge is 2.26. The summed E-state index contributed by atoms with van der Waals surface area (Å²) in [5.74, 6) is 1.39. The van der Waals surface area contributed by atoms with Crippen molar-refractivity contribution in [1.82, 2.24) is 15.0 Å². The van der Waals surface area contributed by atoms with Crippen molar-refractivity contribution in [2.24, 2.45) is 0 Å². The predicted octanol–water partition coefficient (Wildman–Crippen LogP) is 3.99. The number of hydrogen-bond acceptors (Lipinski definition) is 6. The van der Waals surface area contributed by atoms with Crippen LogP contribution in [0.3, 0.4) is 0 Å². The number of piperazine rings is 1. The molecule has 1 aliphatic rings. The van der Waals surface area contributed by atoms with Crippen LogP contribution >= 0.6 is 11.3 Å². The number of nitrogens with zero attached hydrogens (tertiary/aromatic N) is 4. The zero-order chi connectivity index (χ0) is 17.2. The number of aryl methyl sites for hydroxylation is 1. The first kappa shape index (κ1) is 16.3. The Balaban J connectivity index is 1.40. The molecule has 2 aromatic heterocycles. The Kier molecular flexibility index (Phi) is 4.55. The van der Waals surface area contributed by atoms with Crippen molar-refractivity contribution in [3.05, 3.63) is 53.2 Å². The molecule has 1 aliphatic heterocycles. The molecule has 3 aromatic rings. The molecule has 1 atom stereocenters. The SMILES string of the molecule is Cc1cccc(N2CCN(C(C)c3nc(-c4cccs4)no3)CC2)c1. The third-order valence-corrected chi connectivity index (χ3v) is 5.64. The number of aromatic nitrogens is 2. The van der Waals surface area contributed by atoms with Gasteiger partial charge < -0.3 is 9.42 Å². The molecule has 1 unspecified atom stereocenters. The van der Waals surface area contributed by atoms with E-state index in [0.29, 0.717) is 11.7 Å². The maximum atomic E-state index is 5.52. The van der Waals surface area contributed by atoms with Gasteiger partial charge in [-0.05, 0) is 43.0 Å². The number of hydrogen-bond donors (Lipinski definition) is 0. The Morgan fingerprint density at radius 2 is 1.96 bits per heavy atom. The van der Waals surface area contributed by atoms with Crippen LogP contribution in [0.4, 0.5) is 5.69 Å². The summed E-state index contributed by atoms with van der Waals surface area (Å²) in [7, 11) is 0. The second kappa shape index (κ2) is 6.98. The lowest BCUT2D eigenvalue weighted by Gasteiger charge is -2.38. The molecule has 25 heavy (non-hydrogen) atoms. The molecule has 0 aliphatic carbocycles. The van der Waals surface area contributed by atoms with Crippen molar-refractivity contribution in [3.63, 3.8) is 0 Å². The van der Waals surface area contributed by atoms with Crippen molar-refractivity contribution in [2.45, 2.75) is 19.9 Å². The molecular weight excluding hydrogens is 332 g/mol. The van der Waals surface area contributed by atoms with Crippen molar-refractivity contribution in [1.29, 1.82) is 0 Å². The lowest BCUT2D eigenvalue weighted by Crippen LogP contribution is -2.47. The predicted molar refractivity (Wildman–Crippen MR) is 101 cm³/mol. The van der Waals surface area contributed by atoms with Gasteiger partial charge >= 0.3 is 0 Å². The zero-order valence-corrected chi connectivity index (χ0v) is 15.4. The number of anilines is 1. The zero-order valence-electron chi connectivity index (χ0n) is 14.6. The summed E-state index contributed by atoms with van der Waals surface area (Å²) in [5.41, 5.74) is 2.62. The minimum Gasteiger partial charge on any atom is -0.369 e. The molecule has 0 radical (unpaired) electrons. The fourth-order valence-corrected chi connectivity index (χ4v) is 3.91. The Bertz CT molecular complexity index is 822. The first-order chi connectivity index (χ1) is 12.2. The maximum absolute atomic E-state index is 5.52. The van der Waals surface area contributed by atoms with Crippen molar-refractivity contribution < 1.29 is 4.52 Å². The lowest BCUT2D eigenvalue weighted by molar-refractivity contribution is 0.164. The summed E-state index contributed by atoms with van der Waals surface area (Å²) in [6, 6.07) is 12.9. The van der Waals surface area contributed by atoms with Crippen LogP contribution < -0.4 is 4.90 Å². The van der Waals surface area contributed by atoms with Gasteiger partial charge in [-0.1, -0.05) is 23.4 Å². The van der Waals surface area contributed by atoms with Gasteiger partial charge in [-0.2, -0.15) is 4.98 Å². The van der Waals surface area contributed by atoms with Gasteiger partial charge in [0.15, 0.2) is 0 Å². The van der Waals surface area contributed by atoms with Gasteiger partial charge in [0.1, 0.15) is 0 Å². The van der Waals surface area contributed by atoms with Crippen LogP contribution in [-0.2, 0) is 0 Å². The highest BCUT2D eigenvalue weighted by molar-refractivity contribution is 7.13. The van der Waals surface area contributed by atoms with Gasteiger partial charge in [-0.15, -0.1) is 11.3 Å². The lowest BCUT2D eigenvalue weighted by atomic mass is 10.1. The van der Waals surface area contributed by atoms with E-state index in [1.54, 1.807) is 11.3 Å². The molecule has 5 nitrogen and oxygen atoms in total. The van der Waals surface area contributed by atoms with Crippen molar-refractivity contribution in [2.75, 3.05) is 31.1 Å². The van der Waals surface area contributed by atoms with E-state index < -0.39 is 0 Å². The minimum atomic E-state index is 0.140. The van der Waals surface area contributed by atoms with Crippen molar-refractivity contribution in [3.8, 4) is 10.7 Å². The molecule has 1 fully saturated rings. The van der Waals surface area contributed by atoms with E-state index in [2.05, 4.69) is 58.1 Å². The van der Waals surface area contributed by atoms with E-state index in [1.807, 2.05) is 17.5 Å². The van der Waals surface area contributed by atoms with Crippen LogP contribution in [0.1, 0.15) is 24.4 Å². The molecule has 0 amide bonds. The second-order valence-corrected chi connectivity index (χ2v) is 7.42. The van der Waals surface area contributed by atoms with E-state index in [9.17, 15) is 0 Å². The molecule has 0 bridgehead atoms. The Labute approximate surface area is 151 Å². The average molecular weight is 354 g/mol. The smallest absolute Gasteiger partial charge is 0.244 e. The minimum absolute atomic E-state index is 0.140. The fraction of sp³-hybridized carbons (Fsp3) is 0.368. The highest BCUT2D eigenvalue weighted by Crippen LogP contribution is 2.26. The normalized spacial score (nSPS) is 17.0. The Morgan fingerprint density at radius 1 is 1.12 bits per heavy atom. The van der Waals surface area contributed by atoms with Crippen LogP contribution in [-0.4, -0.2) is 41.2 Å². The molecule has 4 rings (SSSR count). The number of benzene rings is 1. The first-order valence-corrected chi connectivity index (χ1v) is 9.52. The third kappa shape index (κ3) is 3.45. The molecule has 0 spiro atoms. The number of rotatable bonds is 4. The van der Waals surface area contributed by atoms with Crippen LogP contribution in [0.15, 0.2) is 46.3 Å². The maximum Gasteiger partial charge on any atom is 0.244 e. The Morgan fingerprint density at radius 3 is 2.68 bits per heavy atom. The fourth-order valence-electron chi connectivity index (χ4n) is 3.26. The van der Waals surface area contributed by atoms with Gasteiger partial charge in [0.25, 0.3) is 0 Å². The van der Waals surface area contributed by atoms with E-state index in [1.165, 1.54) is 11.3 Å². The summed E-state index contributed by atoms with van der Waals surface area (Å²) >= 11 is 1.63. The van der Waals surface area contributed by atoms with E-state index in [0.717, 1.165) is 31.1 Å². The molecule has 3 heterocycles. The van der Waals surface area contributed by atoms with E-state index in [4.69, 9.17) is 4.52 Å². The molecule has 130 valence electrons. The Hall–Kier alpha value is -2.18. The van der Waals surface area contributed by atoms with Gasteiger partial charge in [0, 0.05) is 31.9 Å². The summed E-state index contributed by atoms with van der Waals surface area (Å²) in [4.78, 5) is 10.5. The largest absolute Gasteiger partial charge is 0.369 e. The quantitative estimate of drug-likeness (QED) is 0.709. The third-order valence-electron chi connectivity index (χ3n) is 4.77. The molecule has 1 aromatic carbocycles. The summed E-state index contributed by atoms with van der Waals surface area (Å²) < 4.78 is 5.52. The van der Waals surface area contributed by atoms with Gasteiger partial charge in [0.2, 0.25) is 11.7 Å². The summed E-state index contributed by atoms with van der Waals surface area (Å²) in [5, 5.41) is 6.16. The standard InChI is InChI=1S/C19H22N4OS/c1-14-5-3-6-16(13-14)23-10-8-22(9-11-23)15(2)19-20-18(21-24-19)17-7-4-12-25-17/h3-7,12-13,15H,8-11H2,1-2H3. The van der Waals surface area contributed by atoms with E-state index >= 15 is 0 Å². The monoisotopic (exact) mass is 354 g/mol. The van der Waals surface area contributed by atoms with Gasteiger partial charge in [0.05, 0.1) is 10.9 Å². The molecule has 1 saturated heterocycles. The van der Waals surface area contributed by atoms with Crippen LogP contribution in [0.25, 0.3) is 10.7 Å². The van der Waals surface area contributed by atoms with Gasteiger partial charge in [-0.25, -0.2) is 0 Å². The molecule has 6 heteroatoms. The number of thiophene rings is 1. The van der Waals surface area contributed by atoms with Crippen molar-refractivity contribution >= 4 is 17.0 Å². The molecule has 0 saturated carbocycles. The average Bonchev–Trinajstić information content (AvgIpc) is 3.32. The molecule has 0 N–H and O–H groups in total. The van der Waals surface area contributed by atoms with Crippen LogP contribution in [0.5, 0.6) is 0 Å². The summed E-state index contributed by atoms with van der Waals surface area (Å²) in [6.45, 7) is 8.30. The highest BCUT2D eigenvalue weighted by atomic mass is 32.1. The summed E-state index contributed by atoms with van der Waals surface area (Å²) in [6.07, 6.45) is 0. The topological polar surface area (TPSA) is 45.4 Å². The van der Waals surface area contributed by atoms with E-state index in [-0.39, 0.29) is 6.04 Å². The van der Waals surface area contributed by atoms with Crippen LogP contribution in [0.2, 0.25) is 0 Å².